The van der Waals surface area contributed by atoms with Crippen molar-refractivity contribution in [3.63, 3.8) is 0 Å². The smallest absolute Gasteiger partial charge is 0.271 e. The Labute approximate surface area is 183 Å². The van der Waals surface area contributed by atoms with Crippen molar-refractivity contribution < 1.29 is 14.3 Å². The van der Waals surface area contributed by atoms with E-state index in [4.69, 9.17) is 27.9 Å². The van der Waals surface area contributed by atoms with Gasteiger partial charge in [-0.25, -0.2) is 5.43 Å². The van der Waals surface area contributed by atoms with Gasteiger partial charge in [-0.05, 0) is 48.5 Å². The van der Waals surface area contributed by atoms with Gasteiger partial charge in [-0.2, -0.15) is 5.10 Å². The van der Waals surface area contributed by atoms with Crippen LogP contribution in [0.4, 0.5) is 5.69 Å². The fourth-order valence-corrected chi connectivity index (χ4v) is 2.86. The van der Waals surface area contributed by atoms with E-state index in [1.54, 1.807) is 54.6 Å². The number of anilines is 1. The second-order valence-electron chi connectivity index (χ2n) is 6.09. The zero-order chi connectivity index (χ0) is 21.3. The van der Waals surface area contributed by atoms with Gasteiger partial charge in [0.2, 0.25) is 0 Å². The van der Waals surface area contributed by atoms with Crippen LogP contribution in [0.3, 0.4) is 0 Å². The first-order valence-corrected chi connectivity index (χ1v) is 9.63. The summed E-state index contributed by atoms with van der Waals surface area (Å²) in [6.07, 6.45) is 1.43. The lowest BCUT2D eigenvalue weighted by molar-refractivity contribution is -0.118. The summed E-state index contributed by atoms with van der Waals surface area (Å²) in [4.78, 5) is 24.1. The molecule has 0 radical (unpaired) electrons. The van der Waals surface area contributed by atoms with Crippen molar-refractivity contribution in [2.75, 3.05) is 11.9 Å². The molecule has 0 bridgehead atoms. The molecular weight excluding hydrogens is 425 g/mol. The van der Waals surface area contributed by atoms with Gasteiger partial charge >= 0.3 is 0 Å². The van der Waals surface area contributed by atoms with Crippen LogP contribution in [0, 0.1) is 0 Å². The molecule has 0 aromatic heterocycles. The predicted molar refractivity (Wildman–Crippen MR) is 119 cm³/mol. The fourth-order valence-electron chi connectivity index (χ4n) is 2.40. The van der Waals surface area contributed by atoms with Crippen molar-refractivity contribution >= 4 is 46.9 Å². The maximum absolute atomic E-state index is 12.2. The van der Waals surface area contributed by atoms with Crippen LogP contribution in [0.25, 0.3) is 0 Å². The molecule has 2 N–H and O–H groups in total. The average Bonchev–Trinajstić information content (AvgIpc) is 2.75. The highest BCUT2D eigenvalue weighted by molar-refractivity contribution is 6.36. The summed E-state index contributed by atoms with van der Waals surface area (Å²) in [5.74, 6) is -0.214. The normalized spacial score (nSPS) is 10.6. The number of nitrogens with one attached hydrogen (secondary N) is 2. The number of benzene rings is 3. The molecule has 0 fully saturated rings. The van der Waals surface area contributed by atoms with Crippen molar-refractivity contribution in [3.8, 4) is 5.75 Å². The highest BCUT2D eigenvalue weighted by Crippen LogP contribution is 2.19. The van der Waals surface area contributed by atoms with Gasteiger partial charge in [0.15, 0.2) is 6.61 Å². The Morgan fingerprint density at radius 2 is 1.70 bits per heavy atom. The second kappa shape index (κ2) is 10.4. The van der Waals surface area contributed by atoms with E-state index in [9.17, 15) is 9.59 Å². The van der Waals surface area contributed by atoms with E-state index in [1.807, 2.05) is 18.2 Å². The van der Waals surface area contributed by atoms with E-state index in [1.165, 1.54) is 6.21 Å². The molecule has 0 spiro atoms. The van der Waals surface area contributed by atoms with E-state index in [0.29, 0.717) is 32.6 Å². The first-order chi connectivity index (χ1) is 14.5. The molecule has 0 aliphatic carbocycles. The molecule has 30 heavy (non-hydrogen) atoms. The minimum atomic E-state index is -0.398. The topological polar surface area (TPSA) is 79.8 Å². The molecule has 0 aliphatic heterocycles. The molecule has 0 unspecified atom stereocenters. The summed E-state index contributed by atoms with van der Waals surface area (Å²) in [7, 11) is 0. The van der Waals surface area contributed by atoms with Crippen molar-refractivity contribution in [2.45, 2.75) is 0 Å². The first-order valence-electron chi connectivity index (χ1n) is 8.87. The Kier molecular flexibility index (Phi) is 7.43. The van der Waals surface area contributed by atoms with Crippen molar-refractivity contribution in [1.82, 2.24) is 5.43 Å². The van der Waals surface area contributed by atoms with Gasteiger partial charge in [0.25, 0.3) is 11.8 Å². The number of para-hydroxylation sites is 1. The molecule has 6 nitrogen and oxygen atoms in total. The molecule has 0 atom stereocenters. The number of hydrogen-bond donors (Lipinski definition) is 2. The summed E-state index contributed by atoms with van der Waals surface area (Å²) < 4.78 is 5.44. The Morgan fingerprint density at radius 3 is 2.40 bits per heavy atom. The van der Waals surface area contributed by atoms with E-state index >= 15 is 0 Å². The van der Waals surface area contributed by atoms with Gasteiger partial charge in [0, 0.05) is 21.8 Å². The molecular formula is C22H17Cl2N3O3. The number of carbonyl (C=O) groups is 2. The number of nitrogens with zero attached hydrogens (tertiary/aromatic N) is 1. The van der Waals surface area contributed by atoms with E-state index in [2.05, 4.69) is 15.8 Å². The first kappa shape index (κ1) is 21.4. The molecule has 3 rings (SSSR count). The zero-order valence-corrected chi connectivity index (χ0v) is 17.2. The maximum atomic E-state index is 12.2. The van der Waals surface area contributed by atoms with Crippen LogP contribution < -0.4 is 15.5 Å². The largest absolute Gasteiger partial charge is 0.484 e. The molecule has 8 heteroatoms. The Bertz CT molecular complexity index is 1050. The lowest BCUT2D eigenvalue weighted by Crippen LogP contribution is -2.20. The Hall–Kier alpha value is -3.35. The zero-order valence-electron chi connectivity index (χ0n) is 15.6. The molecule has 0 saturated heterocycles. The Morgan fingerprint density at radius 1 is 0.967 bits per heavy atom. The average molecular weight is 442 g/mol. The van der Waals surface area contributed by atoms with Crippen molar-refractivity contribution in [3.05, 3.63) is 94.0 Å². The second-order valence-corrected chi connectivity index (χ2v) is 6.94. The molecule has 0 saturated carbocycles. The fraction of sp³-hybridized carbons (Fsp3) is 0.0455. The van der Waals surface area contributed by atoms with Crippen molar-refractivity contribution in [2.24, 2.45) is 5.10 Å². The third-order valence-electron chi connectivity index (χ3n) is 3.88. The van der Waals surface area contributed by atoms with Gasteiger partial charge in [-0.3, -0.25) is 9.59 Å². The summed E-state index contributed by atoms with van der Waals surface area (Å²) >= 11 is 11.9. The van der Waals surface area contributed by atoms with Crippen LogP contribution in [0.5, 0.6) is 5.75 Å². The minimum Gasteiger partial charge on any atom is -0.484 e. The molecule has 0 heterocycles. The van der Waals surface area contributed by atoms with E-state index < -0.39 is 5.91 Å². The molecule has 2 amide bonds. The summed E-state index contributed by atoms with van der Waals surface area (Å²) in [5.41, 5.74) is 4.12. The van der Waals surface area contributed by atoms with Crippen LogP contribution in [0.15, 0.2) is 77.9 Å². The summed E-state index contributed by atoms with van der Waals surface area (Å²) in [5, 5.41) is 7.56. The maximum Gasteiger partial charge on any atom is 0.271 e. The lowest BCUT2D eigenvalue weighted by Gasteiger charge is -2.08. The van der Waals surface area contributed by atoms with Gasteiger partial charge in [0.1, 0.15) is 5.75 Å². The number of carbonyl (C=O) groups excluding carboxylic acids is 2. The van der Waals surface area contributed by atoms with Crippen LogP contribution in [0.1, 0.15) is 15.9 Å². The lowest BCUT2D eigenvalue weighted by atomic mass is 10.2. The standard InChI is InChI=1S/C22H17Cl2N3O3/c23-17-9-6-16(20(24)12-17)13-25-27-22(29)15-7-10-19(11-8-15)30-14-21(28)26-18-4-2-1-3-5-18/h1-13H,14H2,(H,26,28)(H,27,29). The van der Waals surface area contributed by atoms with Gasteiger partial charge in [0.05, 0.1) is 11.2 Å². The van der Waals surface area contributed by atoms with Gasteiger partial charge in [-0.1, -0.05) is 47.5 Å². The van der Waals surface area contributed by atoms with Crippen LogP contribution >= 0.6 is 23.2 Å². The summed E-state index contributed by atoms with van der Waals surface area (Å²) in [6, 6.07) is 20.4. The molecule has 3 aromatic carbocycles. The van der Waals surface area contributed by atoms with Crippen molar-refractivity contribution in [1.29, 1.82) is 0 Å². The highest BCUT2D eigenvalue weighted by atomic mass is 35.5. The van der Waals surface area contributed by atoms with Crippen LogP contribution in [-0.4, -0.2) is 24.6 Å². The van der Waals surface area contributed by atoms with Gasteiger partial charge < -0.3 is 10.1 Å². The minimum absolute atomic E-state index is 0.146. The number of halogens is 2. The Balaban J connectivity index is 1.49. The quantitative estimate of drug-likeness (QED) is 0.409. The number of rotatable bonds is 7. The molecule has 0 aliphatic rings. The summed E-state index contributed by atoms with van der Waals surface area (Å²) in [6.45, 7) is -0.146. The number of hydrogen-bond acceptors (Lipinski definition) is 4. The van der Waals surface area contributed by atoms with Gasteiger partial charge in [-0.15, -0.1) is 0 Å². The number of hydrazone groups is 1. The molecule has 3 aromatic rings. The van der Waals surface area contributed by atoms with Crippen LogP contribution in [-0.2, 0) is 4.79 Å². The predicted octanol–water partition coefficient (Wildman–Crippen LogP) is 4.77. The third-order valence-corrected chi connectivity index (χ3v) is 4.44. The highest BCUT2D eigenvalue weighted by Gasteiger charge is 2.07. The molecule has 152 valence electrons. The third kappa shape index (κ3) is 6.34. The van der Waals surface area contributed by atoms with Crippen LogP contribution in [0.2, 0.25) is 10.0 Å². The SMILES string of the molecule is O=C(COc1ccc(C(=O)NN=Cc2ccc(Cl)cc2Cl)cc1)Nc1ccccc1. The number of amides is 2. The number of ether oxygens (including phenoxy) is 1. The van der Waals surface area contributed by atoms with E-state index in [0.717, 1.165) is 0 Å². The monoisotopic (exact) mass is 441 g/mol. The van der Waals surface area contributed by atoms with E-state index in [-0.39, 0.29) is 12.5 Å².